The van der Waals surface area contributed by atoms with Gasteiger partial charge in [-0.2, -0.15) is 4.98 Å². The Kier molecular flexibility index (Phi) is 5.28. The Hall–Kier alpha value is -2.55. The van der Waals surface area contributed by atoms with E-state index in [1.54, 1.807) is 19.3 Å². The molecule has 2 fully saturated rings. The molecule has 0 bridgehead atoms. The average molecular weight is 371 g/mol. The maximum Gasteiger partial charge on any atom is 0.249 e. The number of nitrogens with zero attached hydrogens (tertiary/aromatic N) is 7. The number of carbonyl (C=O) groups excluding carboxylic acids is 1. The summed E-state index contributed by atoms with van der Waals surface area (Å²) in [5, 5.41) is 3.89. The van der Waals surface area contributed by atoms with E-state index < -0.39 is 0 Å². The van der Waals surface area contributed by atoms with Crippen LogP contribution in [0.4, 0.5) is 5.95 Å². The predicted octanol–water partition coefficient (Wildman–Crippen LogP) is 1.04. The number of aromatic nitrogens is 4. The molecule has 1 atom stereocenters. The van der Waals surface area contributed by atoms with Crippen molar-refractivity contribution in [2.24, 2.45) is 0 Å². The molecule has 0 unspecified atom stereocenters. The van der Waals surface area contributed by atoms with Crippen LogP contribution in [0, 0.1) is 6.92 Å². The summed E-state index contributed by atoms with van der Waals surface area (Å²) in [6, 6.07) is 1.73. The van der Waals surface area contributed by atoms with Gasteiger partial charge in [-0.1, -0.05) is 5.16 Å². The third kappa shape index (κ3) is 4.08. The van der Waals surface area contributed by atoms with Crippen LogP contribution in [0.2, 0.25) is 0 Å². The van der Waals surface area contributed by atoms with Crippen LogP contribution in [-0.4, -0.2) is 75.1 Å². The second-order valence-corrected chi connectivity index (χ2v) is 7.09. The minimum Gasteiger partial charge on any atom is -0.338 e. The average Bonchev–Trinajstić information content (AvgIpc) is 3.15. The van der Waals surface area contributed by atoms with Crippen molar-refractivity contribution < 1.29 is 9.32 Å². The van der Waals surface area contributed by atoms with E-state index in [0.29, 0.717) is 18.3 Å². The van der Waals surface area contributed by atoms with Gasteiger partial charge in [-0.25, -0.2) is 9.97 Å². The Balaban J connectivity index is 1.34. The maximum absolute atomic E-state index is 13.0. The Morgan fingerprint density at radius 1 is 1.15 bits per heavy atom. The van der Waals surface area contributed by atoms with Crippen molar-refractivity contribution in [3.8, 4) is 0 Å². The largest absolute Gasteiger partial charge is 0.338 e. The van der Waals surface area contributed by atoms with E-state index in [1.165, 1.54) is 0 Å². The molecular formula is C18H25N7O2. The number of anilines is 1. The lowest BCUT2D eigenvalue weighted by atomic mass is 10.0. The second kappa shape index (κ2) is 7.99. The highest BCUT2D eigenvalue weighted by atomic mass is 16.5. The lowest BCUT2D eigenvalue weighted by Crippen LogP contribution is -2.51. The first-order valence-electron chi connectivity index (χ1n) is 9.55. The minimum atomic E-state index is -0.0912. The number of piperazine rings is 1. The topological polar surface area (TPSA) is 91.5 Å². The molecule has 2 aromatic rings. The van der Waals surface area contributed by atoms with E-state index in [0.717, 1.165) is 57.9 Å². The maximum atomic E-state index is 13.0. The fourth-order valence-corrected chi connectivity index (χ4v) is 3.78. The molecule has 0 aromatic carbocycles. The highest BCUT2D eigenvalue weighted by Crippen LogP contribution is 2.30. The van der Waals surface area contributed by atoms with Gasteiger partial charge in [0.05, 0.1) is 6.54 Å². The number of hydrogen-bond donors (Lipinski definition) is 0. The van der Waals surface area contributed by atoms with Crippen molar-refractivity contribution in [1.29, 1.82) is 0 Å². The standard InChI is InChI=1S/C18H25N7O2/c1-14-21-17(27-22-14)15-5-2-3-8-25(15)16(26)13-23-9-11-24(12-10-23)18-19-6-4-7-20-18/h4,6-7,15H,2-3,5,8-13H2,1H3/t15-/m1/s1. The SMILES string of the molecule is Cc1noc([C@H]2CCCCN2C(=O)CN2CCN(c3ncccn3)CC2)n1. The number of amides is 1. The quantitative estimate of drug-likeness (QED) is 0.787. The minimum absolute atomic E-state index is 0.0912. The zero-order valence-electron chi connectivity index (χ0n) is 15.6. The number of carbonyl (C=O) groups is 1. The molecule has 27 heavy (non-hydrogen) atoms. The van der Waals surface area contributed by atoms with Gasteiger partial charge in [-0.15, -0.1) is 0 Å². The van der Waals surface area contributed by atoms with Crippen molar-refractivity contribution in [1.82, 2.24) is 29.9 Å². The van der Waals surface area contributed by atoms with Crippen molar-refractivity contribution >= 4 is 11.9 Å². The van der Waals surface area contributed by atoms with Crippen LogP contribution < -0.4 is 4.90 Å². The number of hydrogen-bond acceptors (Lipinski definition) is 8. The predicted molar refractivity (Wildman–Crippen MR) is 98.0 cm³/mol. The molecule has 2 aromatic heterocycles. The molecule has 0 aliphatic carbocycles. The summed E-state index contributed by atoms with van der Waals surface area (Å²) in [6.07, 6.45) is 6.49. The second-order valence-electron chi connectivity index (χ2n) is 7.09. The molecule has 9 heteroatoms. The van der Waals surface area contributed by atoms with E-state index in [-0.39, 0.29) is 11.9 Å². The number of piperidine rings is 1. The van der Waals surface area contributed by atoms with Crippen LogP contribution in [0.25, 0.3) is 0 Å². The van der Waals surface area contributed by atoms with Gasteiger partial charge in [0.15, 0.2) is 5.82 Å². The normalized spacial score (nSPS) is 21.4. The summed E-state index contributed by atoms with van der Waals surface area (Å²) >= 11 is 0. The summed E-state index contributed by atoms with van der Waals surface area (Å²) < 4.78 is 5.35. The van der Waals surface area contributed by atoms with E-state index in [4.69, 9.17) is 4.52 Å². The van der Waals surface area contributed by atoms with Crippen LogP contribution in [-0.2, 0) is 4.79 Å². The third-order valence-corrected chi connectivity index (χ3v) is 5.22. The Labute approximate surface area is 158 Å². The molecule has 1 amide bonds. The Morgan fingerprint density at radius 2 is 1.93 bits per heavy atom. The van der Waals surface area contributed by atoms with Gasteiger partial charge in [-0.05, 0) is 32.3 Å². The molecule has 2 aliphatic heterocycles. The third-order valence-electron chi connectivity index (χ3n) is 5.22. The fraction of sp³-hybridized carbons (Fsp3) is 0.611. The zero-order valence-corrected chi connectivity index (χ0v) is 15.6. The number of aryl methyl sites for hydroxylation is 1. The van der Waals surface area contributed by atoms with Crippen LogP contribution in [0.15, 0.2) is 23.0 Å². The van der Waals surface area contributed by atoms with Gasteiger partial charge in [0.2, 0.25) is 17.7 Å². The first-order chi connectivity index (χ1) is 13.2. The summed E-state index contributed by atoms with van der Waals surface area (Å²) in [5.41, 5.74) is 0. The van der Waals surface area contributed by atoms with Gasteiger partial charge in [0.1, 0.15) is 6.04 Å². The van der Waals surface area contributed by atoms with Gasteiger partial charge in [0, 0.05) is 45.1 Å². The van der Waals surface area contributed by atoms with E-state index >= 15 is 0 Å². The Morgan fingerprint density at radius 3 is 2.63 bits per heavy atom. The number of rotatable bonds is 4. The molecule has 4 rings (SSSR count). The molecule has 0 spiro atoms. The lowest BCUT2D eigenvalue weighted by Gasteiger charge is -2.37. The van der Waals surface area contributed by atoms with E-state index in [1.807, 2.05) is 11.0 Å². The summed E-state index contributed by atoms with van der Waals surface area (Å²) in [7, 11) is 0. The van der Waals surface area contributed by atoms with E-state index in [9.17, 15) is 4.79 Å². The summed E-state index contributed by atoms with van der Waals surface area (Å²) in [5.74, 6) is 2.07. The van der Waals surface area contributed by atoms with Gasteiger partial charge < -0.3 is 14.3 Å². The van der Waals surface area contributed by atoms with Gasteiger partial charge in [-0.3, -0.25) is 9.69 Å². The molecule has 2 aliphatic rings. The molecule has 0 saturated carbocycles. The first-order valence-corrected chi connectivity index (χ1v) is 9.55. The smallest absolute Gasteiger partial charge is 0.249 e. The van der Waals surface area contributed by atoms with Crippen molar-refractivity contribution in [3.63, 3.8) is 0 Å². The van der Waals surface area contributed by atoms with Crippen LogP contribution in [0.5, 0.6) is 0 Å². The van der Waals surface area contributed by atoms with Crippen LogP contribution in [0.1, 0.15) is 37.0 Å². The Bertz CT molecular complexity index is 758. The van der Waals surface area contributed by atoms with Gasteiger partial charge >= 0.3 is 0 Å². The lowest BCUT2D eigenvalue weighted by molar-refractivity contribution is -0.137. The highest BCUT2D eigenvalue weighted by Gasteiger charge is 2.33. The molecular weight excluding hydrogens is 346 g/mol. The molecule has 2 saturated heterocycles. The van der Waals surface area contributed by atoms with Crippen molar-refractivity contribution in [2.75, 3.05) is 44.2 Å². The zero-order chi connectivity index (χ0) is 18.6. The summed E-state index contributed by atoms with van der Waals surface area (Å²) in [4.78, 5) is 32.2. The van der Waals surface area contributed by atoms with Crippen LogP contribution in [0.3, 0.4) is 0 Å². The van der Waals surface area contributed by atoms with Crippen LogP contribution >= 0.6 is 0 Å². The number of likely N-dealkylation sites (tertiary alicyclic amines) is 1. The van der Waals surface area contributed by atoms with Crippen molar-refractivity contribution in [3.05, 3.63) is 30.2 Å². The highest BCUT2D eigenvalue weighted by molar-refractivity contribution is 5.78. The van der Waals surface area contributed by atoms with E-state index in [2.05, 4.69) is 29.9 Å². The molecule has 9 nitrogen and oxygen atoms in total. The molecule has 0 N–H and O–H groups in total. The van der Waals surface area contributed by atoms with Gasteiger partial charge in [0.25, 0.3) is 0 Å². The summed E-state index contributed by atoms with van der Waals surface area (Å²) in [6.45, 7) is 6.27. The fourth-order valence-electron chi connectivity index (χ4n) is 3.78. The molecule has 0 radical (unpaired) electrons. The monoisotopic (exact) mass is 371 g/mol. The molecule has 144 valence electrons. The van der Waals surface area contributed by atoms with Crippen molar-refractivity contribution in [2.45, 2.75) is 32.2 Å². The first kappa shape index (κ1) is 17.8. The molecule has 4 heterocycles.